The summed E-state index contributed by atoms with van der Waals surface area (Å²) in [4.78, 5) is 28.4. The van der Waals surface area contributed by atoms with Crippen LogP contribution in [-0.4, -0.2) is 44.3 Å². The fourth-order valence-electron chi connectivity index (χ4n) is 3.75. The summed E-state index contributed by atoms with van der Waals surface area (Å²) in [5.41, 5.74) is 1.13. The maximum atomic E-state index is 13.9. The van der Waals surface area contributed by atoms with Gasteiger partial charge in [0.2, 0.25) is 11.8 Å². The topological polar surface area (TPSA) is 86.8 Å². The van der Waals surface area contributed by atoms with E-state index in [1.165, 1.54) is 17.0 Å². The van der Waals surface area contributed by atoms with Crippen molar-refractivity contribution in [1.29, 1.82) is 0 Å². The highest BCUT2D eigenvalue weighted by Crippen LogP contribution is 2.27. The largest absolute Gasteiger partial charge is 0.354 e. The number of sulfonamides is 1. The van der Waals surface area contributed by atoms with Gasteiger partial charge in [0.05, 0.1) is 10.6 Å². The fourth-order valence-corrected chi connectivity index (χ4v) is 6.01. The molecule has 3 aromatic carbocycles. The van der Waals surface area contributed by atoms with Gasteiger partial charge in [0, 0.05) is 22.0 Å². The number of benzene rings is 3. The first-order chi connectivity index (χ1) is 18.0. The molecule has 3 rings (SSSR count). The minimum atomic E-state index is -4.09. The van der Waals surface area contributed by atoms with Gasteiger partial charge in [0.1, 0.15) is 12.6 Å². The van der Waals surface area contributed by atoms with E-state index in [4.69, 9.17) is 0 Å². The van der Waals surface area contributed by atoms with Crippen molar-refractivity contribution in [3.8, 4) is 0 Å². The van der Waals surface area contributed by atoms with E-state index in [0.29, 0.717) is 16.7 Å². The van der Waals surface area contributed by atoms with Crippen LogP contribution in [0, 0.1) is 5.92 Å². The van der Waals surface area contributed by atoms with E-state index in [1.807, 2.05) is 38.1 Å². The van der Waals surface area contributed by atoms with E-state index in [0.717, 1.165) is 14.3 Å². The third-order valence-corrected chi connectivity index (χ3v) is 8.57. The summed E-state index contributed by atoms with van der Waals surface area (Å²) in [6.07, 6.45) is 0. The molecule has 0 spiro atoms. The average Bonchev–Trinajstić information content (AvgIpc) is 2.88. The number of nitrogens with zero attached hydrogens (tertiary/aromatic N) is 2. The van der Waals surface area contributed by atoms with Gasteiger partial charge < -0.3 is 10.2 Å². The zero-order valence-corrected chi connectivity index (χ0v) is 25.5. The Morgan fingerprint density at radius 1 is 0.868 bits per heavy atom. The van der Waals surface area contributed by atoms with Gasteiger partial charge >= 0.3 is 0 Å². The Labute approximate surface area is 241 Å². The summed E-state index contributed by atoms with van der Waals surface area (Å²) in [6.45, 7) is 5.74. The Morgan fingerprint density at radius 3 is 2.11 bits per heavy atom. The van der Waals surface area contributed by atoms with Gasteiger partial charge in [0.25, 0.3) is 10.0 Å². The molecule has 10 heteroatoms. The van der Waals surface area contributed by atoms with Crippen molar-refractivity contribution in [3.63, 3.8) is 0 Å². The highest BCUT2D eigenvalue weighted by Gasteiger charge is 2.32. The predicted molar refractivity (Wildman–Crippen MR) is 157 cm³/mol. The number of anilines is 1. The fraction of sp³-hybridized carbons (Fsp3) is 0.286. The Kier molecular flexibility index (Phi) is 10.5. The molecule has 38 heavy (non-hydrogen) atoms. The van der Waals surface area contributed by atoms with E-state index < -0.39 is 28.5 Å². The van der Waals surface area contributed by atoms with Crippen molar-refractivity contribution in [1.82, 2.24) is 10.2 Å². The molecule has 0 unspecified atom stereocenters. The summed E-state index contributed by atoms with van der Waals surface area (Å²) in [7, 11) is -4.09. The van der Waals surface area contributed by atoms with Gasteiger partial charge in [0.15, 0.2) is 0 Å². The van der Waals surface area contributed by atoms with E-state index in [2.05, 4.69) is 37.2 Å². The Balaban J connectivity index is 2.00. The first kappa shape index (κ1) is 29.9. The van der Waals surface area contributed by atoms with Crippen LogP contribution in [0.3, 0.4) is 0 Å². The molecule has 0 aliphatic rings. The molecule has 202 valence electrons. The normalized spacial score (nSPS) is 12.2. The molecule has 1 N–H and O–H groups in total. The molecule has 0 radical (unpaired) electrons. The minimum absolute atomic E-state index is 0.0639. The van der Waals surface area contributed by atoms with Crippen molar-refractivity contribution < 1.29 is 18.0 Å². The van der Waals surface area contributed by atoms with E-state index in [1.54, 1.807) is 49.4 Å². The molecule has 1 atom stereocenters. The number of carbonyl (C=O) groups excluding carboxylic acids is 2. The van der Waals surface area contributed by atoms with Crippen LogP contribution in [0.5, 0.6) is 0 Å². The van der Waals surface area contributed by atoms with Gasteiger partial charge in [-0.3, -0.25) is 13.9 Å². The van der Waals surface area contributed by atoms with Crippen molar-refractivity contribution >= 4 is 59.4 Å². The quantitative estimate of drug-likeness (QED) is 0.289. The van der Waals surface area contributed by atoms with Crippen molar-refractivity contribution in [3.05, 3.63) is 93.4 Å². The monoisotopic (exact) mass is 663 g/mol. The van der Waals surface area contributed by atoms with Crippen LogP contribution >= 0.6 is 31.9 Å². The summed E-state index contributed by atoms with van der Waals surface area (Å²) < 4.78 is 30.1. The molecule has 0 aliphatic heterocycles. The molecule has 0 bridgehead atoms. The minimum Gasteiger partial charge on any atom is -0.354 e. The lowest BCUT2D eigenvalue weighted by atomic mass is 10.1. The average molecular weight is 665 g/mol. The third kappa shape index (κ3) is 7.91. The van der Waals surface area contributed by atoms with Crippen LogP contribution < -0.4 is 9.62 Å². The Hall–Kier alpha value is -2.69. The number of rotatable bonds is 11. The summed E-state index contributed by atoms with van der Waals surface area (Å²) in [5.74, 6) is -0.568. The number of hydrogen-bond donors (Lipinski definition) is 1. The van der Waals surface area contributed by atoms with Gasteiger partial charge in [-0.1, -0.05) is 82.1 Å². The van der Waals surface area contributed by atoms with Gasteiger partial charge in [-0.25, -0.2) is 8.42 Å². The Bertz CT molecular complexity index is 1370. The standard InChI is InChI=1S/C28H31Br2N3O4S/c1-20(2)17-31-28(35)21(3)32(18-22-9-7-10-23(29)15-22)27(34)19-33(25-12-8-11-24(30)16-25)38(36,37)26-13-5-4-6-14-26/h4-16,20-21H,17-19H2,1-3H3,(H,31,35)/t21-/m0/s1. The second-order valence-electron chi connectivity index (χ2n) is 9.27. The van der Waals surface area contributed by atoms with E-state index >= 15 is 0 Å². The maximum absolute atomic E-state index is 13.9. The number of nitrogens with one attached hydrogen (secondary N) is 1. The first-order valence-electron chi connectivity index (χ1n) is 12.1. The zero-order chi connectivity index (χ0) is 27.9. The molecular formula is C28H31Br2N3O4S. The number of carbonyl (C=O) groups is 2. The lowest BCUT2D eigenvalue weighted by Gasteiger charge is -2.32. The van der Waals surface area contributed by atoms with E-state index in [9.17, 15) is 18.0 Å². The predicted octanol–water partition coefficient (Wildman–Crippen LogP) is 5.60. The molecule has 0 aliphatic carbocycles. The van der Waals surface area contributed by atoms with Crippen molar-refractivity contribution in [2.75, 3.05) is 17.4 Å². The molecule has 0 aromatic heterocycles. The van der Waals surface area contributed by atoms with Crippen LogP contribution in [0.15, 0.2) is 92.7 Å². The second kappa shape index (κ2) is 13.4. The highest BCUT2D eigenvalue weighted by atomic mass is 79.9. The summed E-state index contributed by atoms with van der Waals surface area (Å²) >= 11 is 6.85. The van der Waals surface area contributed by atoms with Gasteiger partial charge in [-0.2, -0.15) is 0 Å². The SMILES string of the molecule is CC(C)CNC(=O)[C@H](C)N(Cc1cccc(Br)c1)C(=O)CN(c1cccc(Br)c1)S(=O)(=O)c1ccccc1. The van der Waals surface area contributed by atoms with Crippen molar-refractivity contribution in [2.24, 2.45) is 5.92 Å². The molecule has 0 heterocycles. The molecule has 0 saturated heterocycles. The molecule has 0 saturated carbocycles. The third-order valence-electron chi connectivity index (χ3n) is 5.80. The maximum Gasteiger partial charge on any atom is 0.264 e. The van der Waals surface area contributed by atoms with E-state index in [-0.39, 0.29) is 23.3 Å². The van der Waals surface area contributed by atoms with Crippen LogP contribution in [0.1, 0.15) is 26.3 Å². The van der Waals surface area contributed by atoms with Crippen LogP contribution in [0.4, 0.5) is 5.69 Å². The highest BCUT2D eigenvalue weighted by molar-refractivity contribution is 9.10. The van der Waals surface area contributed by atoms with Crippen molar-refractivity contribution in [2.45, 2.75) is 38.3 Å². The Morgan fingerprint density at radius 2 is 1.50 bits per heavy atom. The van der Waals surface area contributed by atoms with Crippen LogP contribution in [0.25, 0.3) is 0 Å². The van der Waals surface area contributed by atoms with Crippen LogP contribution in [-0.2, 0) is 26.2 Å². The molecule has 7 nitrogen and oxygen atoms in total. The number of hydrogen-bond acceptors (Lipinski definition) is 4. The lowest BCUT2D eigenvalue weighted by molar-refractivity contribution is -0.139. The second-order valence-corrected chi connectivity index (χ2v) is 13.0. The summed E-state index contributed by atoms with van der Waals surface area (Å²) in [5, 5.41) is 2.88. The molecule has 0 fully saturated rings. The van der Waals surface area contributed by atoms with Crippen LogP contribution in [0.2, 0.25) is 0 Å². The summed E-state index contributed by atoms with van der Waals surface area (Å²) in [6, 6.07) is 21.4. The molecule has 3 aromatic rings. The van der Waals surface area contributed by atoms with Gasteiger partial charge in [-0.15, -0.1) is 0 Å². The lowest BCUT2D eigenvalue weighted by Crippen LogP contribution is -2.51. The zero-order valence-electron chi connectivity index (χ0n) is 21.5. The number of amides is 2. The number of halogens is 2. The molecule has 2 amide bonds. The smallest absolute Gasteiger partial charge is 0.264 e. The molecular weight excluding hydrogens is 634 g/mol. The first-order valence-corrected chi connectivity index (χ1v) is 15.2. The van der Waals surface area contributed by atoms with Gasteiger partial charge in [-0.05, 0) is 60.9 Å².